The van der Waals surface area contributed by atoms with Gasteiger partial charge >= 0.3 is 0 Å². The van der Waals surface area contributed by atoms with E-state index in [0.29, 0.717) is 11.8 Å². The van der Waals surface area contributed by atoms with Crippen LogP contribution in [0.1, 0.15) is 23.8 Å². The van der Waals surface area contributed by atoms with Gasteiger partial charge in [0.1, 0.15) is 11.6 Å². The van der Waals surface area contributed by atoms with Crippen LogP contribution in [-0.2, 0) is 6.54 Å². The highest BCUT2D eigenvalue weighted by molar-refractivity contribution is 5.54. The summed E-state index contributed by atoms with van der Waals surface area (Å²) in [5.74, 6) is 2.03. The minimum absolute atomic E-state index is 0.204. The third-order valence-corrected chi connectivity index (χ3v) is 4.72. The van der Waals surface area contributed by atoms with Gasteiger partial charge in [0.15, 0.2) is 0 Å². The normalized spacial score (nSPS) is 17.5. The van der Waals surface area contributed by atoms with Gasteiger partial charge in [-0.15, -0.1) is 10.2 Å². The van der Waals surface area contributed by atoms with Gasteiger partial charge in [-0.2, -0.15) is 0 Å². The second-order valence-electron chi connectivity index (χ2n) is 6.52. The SMILES string of the molecule is COc1ccc(-c2nnc(C3CCN(Cc4ccc(F)cc4)C3)o2)cc1. The van der Waals surface area contributed by atoms with Crippen LogP contribution in [0.15, 0.2) is 52.9 Å². The molecule has 2 heterocycles. The quantitative estimate of drug-likeness (QED) is 0.697. The molecule has 134 valence electrons. The Morgan fingerprint density at radius 2 is 1.88 bits per heavy atom. The van der Waals surface area contributed by atoms with Crippen molar-refractivity contribution in [1.82, 2.24) is 15.1 Å². The standard InChI is InChI=1S/C20H20FN3O2/c1-25-18-8-4-15(5-9-18)19-22-23-20(26-19)16-10-11-24(13-16)12-14-2-6-17(21)7-3-14/h2-9,16H,10-13H2,1H3. The van der Waals surface area contributed by atoms with Crippen molar-refractivity contribution < 1.29 is 13.5 Å². The Bertz CT molecular complexity index is 862. The first-order chi connectivity index (χ1) is 12.7. The smallest absolute Gasteiger partial charge is 0.247 e. The summed E-state index contributed by atoms with van der Waals surface area (Å²) in [6.07, 6.45) is 0.978. The van der Waals surface area contributed by atoms with Crippen LogP contribution in [0.3, 0.4) is 0 Å². The molecule has 0 N–H and O–H groups in total. The summed E-state index contributed by atoms with van der Waals surface area (Å²) in [5.41, 5.74) is 1.99. The summed E-state index contributed by atoms with van der Waals surface area (Å²) in [6, 6.07) is 14.2. The lowest BCUT2D eigenvalue weighted by Crippen LogP contribution is -2.19. The third kappa shape index (κ3) is 3.60. The molecular weight excluding hydrogens is 333 g/mol. The zero-order chi connectivity index (χ0) is 17.9. The summed E-state index contributed by atoms with van der Waals surface area (Å²) in [6.45, 7) is 2.63. The third-order valence-electron chi connectivity index (χ3n) is 4.72. The van der Waals surface area contributed by atoms with E-state index in [0.717, 1.165) is 42.9 Å². The van der Waals surface area contributed by atoms with Crippen LogP contribution < -0.4 is 4.74 Å². The molecule has 1 aromatic heterocycles. The summed E-state index contributed by atoms with van der Waals surface area (Å²) >= 11 is 0. The molecule has 2 aromatic carbocycles. The molecular formula is C20H20FN3O2. The highest BCUT2D eigenvalue weighted by atomic mass is 19.1. The first-order valence-electron chi connectivity index (χ1n) is 8.66. The first-order valence-corrected chi connectivity index (χ1v) is 8.66. The van der Waals surface area contributed by atoms with E-state index in [-0.39, 0.29) is 11.7 Å². The van der Waals surface area contributed by atoms with Crippen molar-refractivity contribution in [1.29, 1.82) is 0 Å². The van der Waals surface area contributed by atoms with Gasteiger partial charge in [0.25, 0.3) is 0 Å². The number of nitrogens with zero attached hydrogens (tertiary/aromatic N) is 3. The van der Waals surface area contributed by atoms with Crippen molar-refractivity contribution in [3.8, 4) is 17.2 Å². The van der Waals surface area contributed by atoms with Crippen molar-refractivity contribution in [2.24, 2.45) is 0 Å². The van der Waals surface area contributed by atoms with Crippen molar-refractivity contribution in [3.63, 3.8) is 0 Å². The molecule has 1 saturated heterocycles. The zero-order valence-corrected chi connectivity index (χ0v) is 14.6. The van der Waals surface area contributed by atoms with Gasteiger partial charge in [0.05, 0.1) is 13.0 Å². The minimum atomic E-state index is -0.204. The molecule has 1 aliphatic rings. The second-order valence-corrected chi connectivity index (χ2v) is 6.52. The fourth-order valence-electron chi connectivity index (χ4n) is 3.28. The van der Waals surface area contributed by atoms with E-state index >= 15 is 0 Å². The summed E-state index contributed by atoms with van der Waals surface area (Å²) in [7, 11) is 1.64. The average molecular weight is 353 g/mol. The molecule has 6 heteroatoms. The van der Waals surface area contributed by atoms with E-state index < -0.39 is 0 Å². The maximum Gasteiger partial charge on any atom is 0.247 e. The van der Waals surface area contributed by atoms with Gasteiger partial charge in [-0.25, -0.2) is 4.39 Å². The molecule has 0 radical (unpaired) electrons. The summed E-state index contributed by atoms with van der Waals surface area (Å²) < 4.78 is 24.1. The van der Waals surface area contributed by atoms with Gasteiger partial charge in [-0.1, -0.05) is 12.1 Å². The highest BCUT2D eigenvalue weighted by Crippen LogP contribution is 2.30. The van der Waals surface area contributed by atoms with E-state index in [1.807, 2.05) is 36.4 Å². The lowest BCUT2D eigenvalue weighted by Gasteiger charge is -2.15. The number of halogens is 1. The molecule has 0 aliphatic carbocycles. The number of hydrogen-bond acceptors (Lipinski definition) is 5. The fourth-order valence-corrected chi connectivity index (χ4v) is 3.28. The number of aromatic nitrogens is 2. The lowest BCUT2D eigenvalue weighted by atomic mass is 10.1. The van der Waals surface area contributed by atoms with E-state index in [9.17, 15) is 4.39 Å². The van der Waals surface area contributed by atoms with Gasteiger partial charge in [-0.05, 0) is 54.9 Å². The summed E-state index contributed by atoms with van der Waals surface area (Å²) in [4.78, 5) is 2.33. The highest BCUT2D eigenvalue weighted by Gasteiger charge is 2.28. The van der Waals surface area contributed by atoms with Crippen molar-refractivity contribution in [2.45, 2.75) is 18.9 Å². The molecule has 4 rings (SSSR count). The maximum atomic E-state index is 13.0. The molecule has 3 aromatic rings. The molecule has 0 spiro atoms. The van der Waals surface area contributed by atoms with Crippen molar-refractivity contribution >= 4 is 0 Å². The number of ether oxygens (including phenoxy) is 1. The molecule has 1 fully saturated rings. The van der Waals surface area contributed by atoms with E-state index in [1.54, 1.807) is 7.11 Å². The Balaban J connectivity index is 1.41. The number of methoxy groups -OCH3 is 1. The van der Waals surface area contributed by atoms with E-state index in [1.165, 1.54) is 12.1 Å². The number of benzene rings is 2. The van der Waals surface area contributed by atoms with Crippen LogP contribution in [0.25, 0.3) is 11.5 Å². The molecule has 0 amide bonds. The van der Waals surface area contributed by atoms with Gasteiger partial charge in [0, 0.05) is 18.7 Å². The van der Waals surface area contributed by atoms with E-state index in [4.69, 9.17) is 9.15 Å². The second kappa shape index (κ2) is 7.25. The Kier molecular flexibility index (Phi) is 4.67. The van der Waals surface area contributed by atoms with Crippen molar-refractivity contribution in [2.75, 3.05) is 20.2 Å². The molecule has 26 heavy (non-hydrogen) atoms. The van der Waals surface area contributed by atoms with Crippen LogP contribution >= 0.6 is 0 Å². The monoisotopic (exact) mass is 353 g/mol. The first kappa shape index (κ1) is 16.7. The van der Waals surface area contributed by atoms with Crippen LogP contribution in [0.2, 0.25) is 0 Å². The number of hydrogen-bond donors (Lipinski definition) is 0. The fraction of sp³-hybridized carbons (Fsp3) is 0.300. The van der Waals surface area contributed by atoms with Crippen LogP contribution in [-0.4, -0.2) is 35.3 Å². The van der Waals surface area contributed by atoms with Crippen LogP contribution in [0.4, 0.5) is 4.39 Å². The molecule has 0 saturated carbocycles. The Labute approximate surface area is 151 Å². The molecule has 1 atom stereocenters. The number of likely N-dealkylation sites (tertiary alicyclic amines) is 1. The minimum Gasteiger partial charge on any atom is -0.497 e. The Hall–Kier alpha value is -2.73. The van der Waals surface area contributed by atoms with Crippen molar-refractivity contribution in [3.05, 3.63) is 65.8 Å². The van der Waals surface area contributed by atoms with Gasteiger partial charge in [-0.3, -0.25) is 4.90 Å². The molecule has 1 unspecified atom stereocenters. The number of rotatable bonds is 5. The largest absolute Gasteiger partial charge is 0.497 e. The van der Waals surface area contributed by atoms with Crippen LogP contribution in [0.5, 0.6) is 5.75 Å². The van der Waals surface area contributed by atoms with Gasteiger partial charge in [0.2, 0.25) is 11.8 Å². The molecule has 1 aliphatic heterocycles. The van der Waals surface area contributed by atoms with Gasteiger partial charge < -0.3 is 9.15 Å². The predicted octanol–water partition coefficient (Wildman–Crippen LogP) is 3.87. The molecule has 5 nitrogen and oxygen atoms in total. The molecule has 0 bridgehead atoms. The summed E-state index contributed by atoms with van der Waals surface area (Å²) in [5, 5.41) is 8.43. The maximum absolute atomic E-state index is 13.0. The predicted molar refractivity (Wildman–Crippen MR) is 95.3 cm³/mol. The zero-order valence-electron chi connectivity index (χ0n) is 14.6. The van der Waals surface area contributed by atoms with E-state index in [2.05, 4.69) is 15.1 Å². The Morgan fingerprint density at radius 1 is 1.12 bits per heavy atom. The topological polar surface area (TPSA) is 51.4 Å². The average Bonchev–Trinajstić information content (AvgIpc) is 3.33. The van der Waals surface area contributed by atoms with Crippen LogP contribution in [0, 0.1) is 5.82 Å². The Morgan fingerprint density at radius 3 is 2.62 bits per heavy atom. The lowest BCUT2D eigenvalue weighted by molar-refractivity contribution is 0.320.